The van der Waals surface area contributed by atoms with E-state index >= 15 is 0 Å². The van der Waals surface area contributed by atoms with Gasteiger partial charge in [0.1, 0.15) is 5.75 Å². The van der Waals surface area contributed by atoms with Crippen molar-refractivity contribution in [2.45, 2.75) is 32.8 Å². The molecule has 1 heterocycles. The van der Waals surface area contributed by atoms with Gasteiger partial charge in [0.15, 0.2) is 6.10 Å². The summed E-state index contributed by atoms with van der Waals surface area (Å²) in [5.74, 6) is -0.591. The SMILES string of the molecule is COc1ccc(NC(=O)[C@@H](C)OC(=O)CCC(=O)N2CCN(C(C)=O)CC2)cc1. The van der Waals surface area contributed by atoms with Crippen LogP contribution in [0.25, 0.3) is 0 Å². The maximum Gasteiger partial charge on any atom is 0.307 e. The Labute approximate surface area is 169 Å². The van der Waals surface area contributed by atoms with Crippen LogP contribution in [0.5, 0.6) is 5.75 Å². The van der Waals surface area contributed by atoms with Gasteiger partial charge in [0.2, 0.25) is 11.8 Å². The number of amides is 3. The van der Waals surface area contributed by atoms with Gasteiger partial charge in [-0.05, 0) is 31.2 Å². The third-order valence-electron chi connectivity index (χ3n) is 4.66. The van der Waals surface area contributed by atoms with Gasteiger partial charge in [-0.3, -0.25) is 19.2 Å². The number of carbonyl (C=O) groups is 4. The van der Waals surface area contributed by atoms with Crippen molar-refractivity contribution in [1.82, 2.24) is 9.80 Å². The summed E-state index contributed by atoms with van der Waals surface area (Å²) in [5.41, 5.74) is 0.554. The van der Waals surface area contributed by atoms with Gasteiger partial charge >= 0.3 is 5.97 Å². The topological polar surface area (TPSA) is 105 Å². The van der Waals surface area contributed by atoms with E-state index in [-0.39, 0.29) is 24.7 Å². The Morgan fingerprint density at radius 1 is 1.00 bits per heavy atom. The molecular formula is C20H27N3O6. The molecule has 2 rings (SSSR count). The number of anilines is 1. The third-order valence-corrected chi connectivity index (χ3v) is 4.66. The molecule has 0 spiro atoms. The van der Waals surface area contributed by atoms with Crippen molar-refractivity contribution in [1.29, 1.82) is 0 Å². The van der Waals surface area contributed by atoms with Gasteiger partial charge in [-0.15, -0.1) is 0 Å². The van der Waals surface area contributed by atoms with Crippen molar-refractivity contribution in [2.75, 3.05) is 38.6 Å². The number of ether oxygens (including phenoxy) is 2. The van der Waals surface area contributed by atoms with Crippen molar-refractivity contribution in [3.63, 3.8) is 0 Å². The van der Waals surface area contributed by atoms with Crippen LogP contribution in [0.15, 0.2) is 24.3 Å². The summed E-state index contributed by atoms with van der Waals surface area (Å²) in [6.07, 6.45) is -1.09. The number of methoxy groups -OCH3 is 1. The molecule has 1 fully saturated rings. The highest BCUT2D eigenvalue weighted by Gasteiger charge is 2.24. The Hall–Kier alpha value is -3.10. The number of hydrogen-bond donors (Lipinski definition) is 1. The molecule has 0 unspecified atom stereocenters. The minimum atomic E-state index is -0.987. The Morgan fingerprint density at radius 2 is 1.59 bits per heavy atom. The zero-order valence-corrected chi connectivity index (χ0v) is 17.0. The molecule has 1 aromatic carbocycles. The molecule has 9 heteroatoms. The van der Waals surface area contributed by atoms with Crippen LogP contribution >= 0.6 is 0 Å². The van der Waals surface area contributed by atoms with E-state index in [1.165, 1.54) is 13.8 Å². The fourth-order valence-corrected chi connectivity index (χ4v) is 2.87. The molecule has 158 valence electrons. The fraction of sp³-hybridized carbons (Fsp3) is 0.500. The lowest BCUT2D eigenvalue weighted by atomic mass is 10.2. The highest BCUT2D eigenvalue weighted by molar-refractivity contribution is 5.95. The monoisotopic (exact) mass is 405 g/mol. The summed E-state index contributed by atoms with van der Waals surface area (Å²) in [4.78, 5) is 51.0. The predicted octanol–water partition coefficient (Wildman–Crippen LogP) is 1.04. The molecule has 1 aliphatic rings. The Kier molecular flexibility index (Phi) is 7.99. The molecule has 3 amide bonds. The molecule has 1 N–H and O–H groups in total. The molecular weight excluding hydrogens is 378 g/mol. The van der Waals surface area contributed by atoms with E-state index in [4.69, 9.17) is 9.47 Å². The second-order valence-electron chi connectivity index (χ2n) is 6.74. The van der Waals surface area contributed by atoms with Gasteiger partial charge in [0.25, 0.3) is 5.91 Å². The molecule has 1 saturated heterocycles. The number of nitrogens with one attached hydrogen (secondary N) is 1. The van der Waals surface area contributed by atoms with Crippen LogP contribution < -0.4 is 10.1 Å². The largest absolute Gasteiger partial charge is 0.497 e. The molecule has 0 bridgehead atoms. The molecule has 0 saturated carbocycles. The first-order chi connectivity index (χ1) is 13.8. The maximum absolute atomic E-state index is 12.2. The van der Waals surface area contributed by atoms with Crippen molar-refractivity contribution >= 4 is 29.4 Å². The van der Waals surface area contributed by atoms with E-state index in [9.17, 15) is 19.2 Å². The molecule has 1 aromatic rings. The van der Waals surface area contributed by atoms with Gasteiger partial charge in [0, 0.05) is 45.2 Å². The number of esters is 1. The Morgan fingerprint density at radius 3 is 2.14 bits per heavy atom. The number of rotatable bonds is 7. The van der Waals surface area contributed by atoms with Gasteiger partial charge in [-0.25, -0.2) is 0 Å². The average Bonchev–Trinajstić information content (AvgIpc) is 2.72. The quantitative estimate of drug-likeness (QED) is 0.680. The van der Waals surface area contributed by atoms with Crippen LogP contribution in [0.2, 0.25) is 0 Å². The first-order valence-corrected chi connectivity index (χ1v) is 9.48. The molecule has 1 aliphatic heterocycles. The third kappa shape index (κ3) is 6.78. The minimum absolute atomic E-state index is 0.00568. The number of hydrogen-bond acceptors (Lipinski definition) is 6. The van der Waals surface area contributed by atoms with Crippen molar-refractivity contribution < 1.29 is 28.7 Å². The van der Waals surface area contributed by atoms with Crippen LogP contribution in [0.3, 0.4) is 0 Å². The van der Waals surface area contributed by atoms with Gasteiger partial charge in [-0.1, -0.05) is 0 Å². The first-order valence-electron chi connectivity index (χ1n) is 9.48. The summed E-state index contributed by atoms with van der Waals surface area (Å²) >= 11 is 0. The molecule has 0 aromatic heterocycles. The molecule has 9 nitrogen and oxygen atoms in total. The first kappa shape index (κ1) is 22.2. The van der Waals surface area contributed by atoms with Crippen LogP contribution in [0.1, 0.15) is 26.7 Å². The summed E-state index contributed by atoms with van der Waals surface area (Å²) in [5, 5.41) is 2.65. The summed E-state index contributed by atoms with van der Waals surface area (Å²) in [6, 6.07) is 6.76. The van der Waals surface area contributed by atoms with E-state index < -0.39 is 18.0 Å². The van der Waals surface area contributed by atoms with Crippen LogP contribution in [0.4, 0.5) is 5.69 Å². The number of nitrogens with zero attached hydrogens (tertiary/aromatic N) is 2. The molecule has 0 radical (unpaired) electrons. The van der Waals surface area contributed by atoms with E-state index in [1.54, 1.807) is 41.2 Å². The summed E-state index contributed by atoms with van der Waals surface area (Å²) in [6.45, 7) is 4.86. The van der Waals surface area contributed by atoms with E-state index in [0.717, 1.165) is 0 Å². The van der Waals surface area contributed by atoms with E-state index in [2.05, 4.69) is 5.32 Å². The van der Waals surface area contributed by atoms with E-state index in [1.807, 2.05) is 0 Å². The lowest BCUT2D eigenvalue weighted by Crippen LogP contribution is -2.50. The van der Waals surface area contributed by atoms with Crippen molar-refractivity contribution in [3.8, 4) is 5.75 Å². The van der Waals surface area contributed by atoms with Crippen LogP contribution in [-0.4, -0.2) is 72.9 Å². The Balaban J connectivity index is 1.71. The van der Waals surface area contributed by atoms with Crippen LogP contribution in [-0.2, 0) is 23.9 Å². The summed E-state index contributed by atoms with van der Waals surface area (Å²) in [7, 11) is 1.55. The number of piperazine rings is 1. The lowest BCUT2D eigenvalue weighted by molar-refractivity contribution is -0.154. The van der Waals surface area contributed by atoms with Crippen molar-refractivity contribution in [3.05, 3.63) is 24.3 Å². The maximum atomic E-state index is 12.2. The fourth-order valence-electron chi connectivity index (χ4n) is 2.87. The summed E-state index contributed by atoms with van der Waals surface area (Å²) < 4.78 is 10.2. The molecule has 29 heavy (non-hydrogen) atoms. The number of benzene rings is 1. The Bertz CT molecular complexity index is 741. The molecule has 0 aliphatic carbocycles. The normalized spacial score (nSPS) is 14.7. The van der Waals surface area contributed by atoms with Crippen molar-refractivity contribution in [2.24, 2.45) is 0 Å². The zero-order chi connectivity index (χ0) is 21.4. The van der Waals surface area contributed by atoms with Gasteiger partial charge < -0.3 is 24.6 Å². The molecule has 1 atom stereocenters. The zero-order valence-electron chi connectivity index (χ0n) is 17.0. The highest BCUT2D eigenvalue weighted by atomic mass is 16.5. The predicted molar refractivity (Wildman–Crippen MR) is 105 cm³/mol. The second kappa shape index (κ2) is 10.4. The van der Waals surface area contributed by atoms with Crippen LogP contribution in [0, 0.1) is 0 Å². The lowest BCUT2D eigenvalue weighted by Gasteiger charge is -2.34. The van der Waals surface area contributed by atoms with Gasteiger partial charge in [-0.2, -0.15) is 0 Å². The standard InChI is InChI=1S/C20H27N3O6/c1-14(20(27)21-16-4-6-17(28-3)7-5-16)29-19(26)9-8-18(25)23-12-10-22(11-13-23)15(2)24/h4-7,14H,8-13H2,1-3H3,(H,21,27)/t14-/m1/s1. The minimum Gasteiger partial charge on any atom is -0.497 e. The van der Waals surface area contributed by atoms with Gasteiger partial charge in [0.05, 0.1) is 13.5 Å². The highest BCUT2D eigenvalue weighted by Crippen LogP contribution is 2.15. The number of carbonyl (C=O) groups excluding carboxylic acids is 4. The second-order valence-corrected chi connectivity index (χ2v) is 6.74. The smallest absolute Gasteiger partial charge is 0.307 e. The average molecular weight is 405 g/mol. The van der Waals surface area contributed by atoms with E-state index in [0.29, 0.717) is 37.6 Å².